The van der Waals surface area contributed by atoms with Crippen LogP contribution < -0.4 is 14.8 Å². The minimum absolute atomic E-state index is 0.105. The molecule has 0 saturated carbocycles. The molecule has 0 radical (unpaired) electrons. The molecule has 0 heterocycles. The van der Waals surface area contributed by atoms with E-state index in [0.717, 1.165) is 6.07 Å². The Kier molecular flexibility index (Phi) is 4.65. The normalized spacial score (nSPS) is 10.0. The van der Waals surface area contributed by atoms with Crippen molar-refractivity contribution in [2.75, 3.05) is 19.5 Å². The molecule has 8 heteroatoms. The summed E-state index contributed by atoms with van der Waals surface area (Å²) in [4.78, 5) is 22.6. The van der Waals surface area contributed by atoms with Gasteiger partial charge in [0.05, 0.1) is 25.2 Å². The molecular weight excluding hydrogens is 304 g/mol. The molecule has 0 aliphatic rings. The molecule has 0 bridgehead atoms. The Hall–Kier alpha value is -3.29. The first-order valence-corrected chi connectivity index (χ1v) is 6.47. The van der Waals surface area contributed by atoms with Gasteiger partial charge in [0.15, 0.2) is 5.69 Å². The van der Waals surface area contributed by atoms with Crippen molar-refractivity contribution in [2.45, 2.75) is 0 Å². The van der Waals surface area contributed by atoms with Gasteiger partial charge in [-0.1, -0.05) is 6.07 Å². The van der Waals surface area contributed by atoms with Crippen molar-refractivity contribution in [3.8, 4) is 17.2 Å². The Balaban J connectivity index is 2.38. The highest BCUT2D eigenvalue weighted by Crippen LogP contribution is 2.38. The lowest BCUT2D eigenvalue weighted by molar-refractivity contribution is -0.384. The highest BCUT2D eigenvalue weighted by atomic mass is 16.6. The van der Waals surface area contributed by atoms with Crippen LogP contribution in [0.2, 0.25) is 0 Å². The number of phenols is 1. The predicted octanol–water partition coefficient (Wildman–Crippen LogP) is 2.57. The number of methoxy groups -OCH3 is 2. The number of hydrogen-bond donors (Lipinski definition) is 2. The van der Waals surface area contributed by atoms with Gasteiger partial charge in [-0.2, -0.15) is 0 Å². The standard InChI is InChI=1S/C15H14N2O6/c1-22-10-5-3-4-9(6-10)15(19)16-14-12(17(20)21)7-11(23-2)8-13(14)18/h3-8,18H,1-2H3,(H,16,19). The zero-order chi connectivity index (χ0) is 17.0. The monoisotopic (exact) mass is 318 g/mol. The van der Waals surface area contributed by atoms with E-state index in [2.05, 4.69) is 5.32 Å². The number of amides is 1. The third-order valence-corrected chi connectivity index (χ3v) is 3.07. The minimum Gasteiger partial charge on any atom is -0.505 e. The molecule has 0 aliphatic carbocycles. The van der Waals surface area contributed by atoms with E-state index < -0.39 is 22.3 Å². The van der Waals surface area contributed by atoms with Crippen LogP contribution in [0.15, 0.2) is 36.4 Å². The third-order valence-electron chi connectivity index (χ3n) is 3.07. The number of aromatic hydroxyl groups is 1. The van der Waals surface area contributed by atoms with Gasteiger partial charge in [-0.05, 0) is 18.2 Å². The van der Waals surface area contributed by atoms with Gasteiger partial charge < -0.3 is 19.9 Å². The molecule has 0 aromatic heterocycles. The summed E-state index contributed by atoms with van der Waals surface area (Å²) in [5.74, 6) is -0.514. The summed E-state index contributed by atoms with van der Waals surface area (Å²) in [6, 6.07) is 8.54. The van der Waals surface area contributed by atoms with Gasteiger partial charge in [0, 0.05) is 11.6 Å². The second-order valence-electron chi connectivity index (χ2n) is 4.48. The van der Waals surface area contributed by atoms with Crippen LogP contribution in [0.25, 0.3) is 0 Å². The largest absolute Gasteiger partial charge is 0.505 e. The van der Waals surface area contributed by atoms with Gasteiger partial charge in [-0.25, -0.2) is 0 Å². The summed E-state index contributed by atoms with van der Waals surface area (Å²) in [6.07, 6.45) is 0. The van der Waals surface area contributed by atoms with E-state index in [1.165, 1.54) is 32.4 Å². The lowest BCUT2D eigenvalue weighted by Crippen LogP contribution is -2.13. The van der Waals surface area contributed by atoms with E-state index in [-0.39, 0.29) is 17.0 Å². The number of carbonyl (C=O) groups excluding carboxylic acids is 1. The fourth-order valence-corrected chi connectivity index (χ4v) is 1.93. The summed E-state index contributed by atoms with van der Waals surface area (Å²) in [5.41, 5.74) is -0.546. The predicted molar refractivity (Wildman–Crippen MR) is 82.3 cm³/mol. The number of phenolic OH excluding ortho intramolecular Hbond substituents is 1. The van der Waals surface area contributed by atoms with Gasteiger partial charge >= 0.3 is 0 Å². The molecule has 0 atom stereocenters. The Labute approximate surface area is 131 Å². The van der Waals surface area contributed by atoms with Gasteiger partial charge in [0.2, 0.25) is 0 Å². The van der Waals surface area contributed by atoms with Crippen LogP contribution >= 0.6 is 0 Å². The number of hydrogen-bond acceptors (Lipinski definition) is 6. The molecule has 2 rings (SSSR count). The molecule has 2 N–H and O–H groups in total. The summed E-state index contributed by atoms with van der Waals surface area (Å²) in [6.45, 7) is 0. The maximum atomic E-state index is 12.2. The topological polar surface area (TPSA) is 111 Å². The smallest absolute Gasteiger partial charge is 0.300 e. The molecule has 0 spiro atoms. The molecule has 2 aromatic carbocycles. The summed E-state index contributed by atoms with van der Waals surface area (Å²) < 4.78 is 9.88. The Morgan fingerprint density at radius 1 is 1.17 bits per heavy atom. The van der Waals surface area contributed by atoms with Crippen LogP contribution in [0.4, 0.5) is 11.4 Å². The first-order valence-electron chi connectivity index (χ1n) is 6.47. The highest BCUT2D eigenvalue weighted by Gasteiger charge is 2.22. The summed E-state index contributed by atoms with van der Waals surface area (Å²) >= 11 is 0. The van der Waals surface area contributed by atoms with Gasteiger partial charge in [-0.15, -0.1) is 0 Å². The van der Waals surface area contributed by atoms with Crippen molar-refractivity contribution >= 4 is 17.3 Å². The van der Waals surface area contributed by atoms with Crippen molar-refractivity contribution in [1.82, 2.24) is 0 Å². The van der Waals surface area contributed by atoms with E-state index >= 15 is 0 Å². The number of anilines is 1. The first-order chi connectivity index (χ1) is 11.0. The van der Waals surface area contributed by atoms with E-state index in [4.69, 9.17) is 9.47 Å². The van der Waals surface area contributed by atoms with E-state index in [1.807, 2.05) is 0 Å². The van der Waals surface area contributed by atoms with Crippen LogP contribution in [0.3, 0.4) is 0 Å². The van der Waals surface area contributed by atoms with Crippen molar-refractivity contribution in [2.24, 2.45) is 0 Å². The fourth-order valence-electron chi connectivity index (χ4n) is 1.93. The molecule has 0 unspecified atom stereocenters. The number of nitrogens with one attached hydrogen (secondary N) is 1. The van der Waals surface area contributed by atoms with E-state index in [0.29, 0.717) is 5.75 Å². The first kappa shape index (κ1) is 16.1. The Bertz CT molecular complexity index is 760. The van der Waals surface area contributed by atoms with Gasteiger partial charge in [0.1, 0.15) is 17.2 Å². The maximum absolute atomic E-state index is 12.2. The average Bonchev–Trinajstić information content (AvgIpc) is 2.56. The Morgan fingerprint density at radius 2 is 1.87 bits per heavy atom. The second-order valence-corrected chi connectivity index (χ2v) is 4.48. The summed E-state index contributed by atoms with van der Waals surface area (Å²) in [7, 11) is 2.77. The van der Waals surface area contributed by atoms with E-state index in [9.17, 15) is 20.0 Å². The zero-order valence-corrected chi connectivity index (χ0v) is 12.4. The number of carbonyl (C=O) groups is 1. The van der Waals surface area contributed by atoms with Crippen LogP contribution in [0.1, 0.15) is 10.4 Å². The van der Waals surface area contributed by atoms with Crippen LogP contribution in [0, 0.1) is 10.1 Å². The van der Waals surface area contributed by atoms with Crippen molar-refractivity contribution in [3.05, 3.63) is 52.1 Å². The molecule has 0 fully saturated rings. The minimum atomic E-state index is -0.719. The van der Waals surface area contributed by atoms with Crippen LogP contribution in [-0.2, 0) is 0 Å². The third kappa shape index (κ3) is 3.49. The number of benzene rings is 2. The van der Waals surface area contributed by atoms with Gasteiger partial charge in [-0.3, -0.25) is 14.9 Å². The van der Waals surface area contributed by atoms with Crippen LogP contribution in [-0.4, -0.2) is 30.2 Å². The fraction of sp³-hybridized carbons (Fsp3) is 0.133. The number of ether oxygens (including phenoxy) is 2. The average molecular weight is 318 g/mol. The molecule has 1 amide bonds. The zero-order valence-electron chi connectivity index (χ0n) is 12.4. The van der Waals surface area contributed by atoms with Crippen molar-refractivity contribution in [1.29, 1.82) is 0 Å². The quantitative estimate of drug-likeness (QED) is 0.498. The molecule has 120 valence electrons. The number of rotatable bonds is 5. The summed E-state index contributed by atoms with van der Waals surface area (Å²) in [5, 5.41) is 23.4. The molecule has 23 heavy (non-hydrogen) atoms. The van der Waals surface area contributed by atoms with Crippen molar-refractivity contribution < 1.29 is 24.3 Å². The molecule has 2 aromatic rings. The van der Waals surface area contributed by atoms with Gasteiger partial charge in [0.25, 0.3) is 11.6 Å². The van der Waals surface area contributed by atoms with E-state index in [1.54, 1.807) is 12.1 Å². The molecule has 8 nitrogen and oxygen atoms in total. The number of nitrogens with zero attached hydrogens (tertiary/aromatic N) is 1. The second kappa shape index (κ2) is 6.65. The molecule has 0 aliphatic heterocycles. The molecule has 0 saturated heterocycles. The SMILES string of the molecule is COc1cccc(C(=O)Nc2c(O)cc(OC)cc2[N+](=O)[O-])c1. The maximum Gasteiger partial charge on any atom is 0.300 e. The Morgan fingerprint density at radius 3 is 2.48 bits per heavy atom. The lowest BCUT2D eigenvalue weighted by atomic mass is 10.1. The van der Waals surface area contributed by atoms with Crippen molar-refractivity contribution in [3.63, 3.8) is 0 Å². The van der Waals surface area contributed by atoms with Crippen LogP contribution in [0.5, 0.6) is 17.2 Å². The number of nitro groups is 1. The number of nitro benzene ring substituents is 1. The highest BCUT2D eigenvalue weighted by molar-refractivity contribution is 6.06. The molecular formula is C15H14N2O6. The lowest BCUT2D eigenvalue weighted by Gasteiger charge is -2.10.